The Kier molecular flexibility index (Phi) is 27.5. The summed E-state index contributed by atoms with van der Waals surface area (Å²) in [5, 5.41) is 0. The second-order valence-corrected chi connectivity index (χ2v) is 9.45. The molecule has 0 rings (SSSR count). The Labute approximate surface area is 186 Å². The molecule has 0 atom stereocenters. The van der Waals surface area contributed by atoms with E-state index in [-0.39, 0.29) is 0 Å². The first-order valence-corrected chi connectivity index (χ1v) is 14.1. The summed E-state index contributed by atoms with van der Waals surface area (Å²) in [4.78, 5) is 0. The van der Waals surface area contributed by atoms with Crippen LogP contribution in [0.2, 0.25) is 0 Å². The molecule has 0 heteroatoms. The molecule has 29 heavy (non-hydrogen) atoms. The predicted octanol–water partition coefficient (Wildman–Crippen LogP) is 11.3. The average molecular weight is 407 g/mol. The van der Waals surface area contributed by atoms with Gasteiger partial charge in [0.05, 0.1) is 0 Å². The Morgan fingerprint density at radius 2 is 0.586 bits per heavy atom. The van der Waals surface area contributed by atoms with Crippen LogP contribution in [0.1, 0.15) is 174 Å². The number of allylic oxidation sites excluding steroid dienone is 2. The molecular weight excluding hydrogens is 348 g/mol. The van der Waals surface area contributed by atoms with Crippen LogP contribution in [0, 0.1) is 0 Å². The van der Waals surface area contributed by atoms with Crippen molar-refractivity contribution in [1.29, 1.82) is 0 Å². The van der Waals surface area contributed by atoms with Gasteiger partial charge in [-0.25, -0.2) is 0 Å². The van der Waals surface area contributed by atoms with Crippen LogP contribution in [0.5, 0.6) is 0 Å². The molecule has 0 radical (unpaired) electrons. The summed E-state index contributed by atoms with van der Waals surface area (Å²) in [5.41, 5.74) is 0. The minimum Gasteiger partial charge on any atom is -0.0888 e. The van der Waals surface area contributed by atoms with E-state index in [4.69, 9.17) is 0 Å². The highest BCUT2D eigenvalue weighted by molar-refractivity contribution is 4.79. The van der Waals surface area contributed by atoms with Crippen LogP contribution in [0.4, 0.5) is 0 Å². The average Bonchev–Trinajstić information content (AvgIpc) is 2.74. The van der Waals surface area contributed by atoms with Gasteiger partial charge in [-0.3, -0.25) is 0 Å². The maximum absolute atomic E-state index is 2.36. The molecule has 0 spiro atoms. The van der Waals surface area contributed by atoms with Crippen LogP contribution in [0.25, 0.3) is 0 Å². The van der Waals surface area contributed by atoms with Crippen LogP contribution < -0.4 is 0 Å². The van der Waals surface area contributed by atoms with E-state index in [0.717, 1.165) is 0 Å². The first-order chi connectivity index (χ1) is 14.4. The van der Waals surface area contributed by atoms with Gasteiger partial charge in [0.25, 0.3) is 0 Å². The predicted molar refractivity (Wildman–Crippen MR) is 136 cm³/mol. The second-order valence-electron chi connectivity index (χ2n) is 9.45. The van der Waals surface area contributed by atoms with Crippen LogP contribution in [0.3, 0.4) is 0 Å². The fourth-order valence-corrected chi connectivity index (χ4v) is 4.33. The smallest absolute Gasteiger partial charge is 0.0351 e. The molecule has 0 N–H and O–H groups in total. The highest BCUT2D eigenvalue weighted by Gasteiger charge is 1.95. The molecule has 0 bridgehead atoms. The maximum Gasteiger partial charge on any atom is -0.0351 e. The van der Waals surface area contributed by atoms with Gasteiger partial charge < -0.3 is 0 Å². The van der Waals surface area contributed by atoms with E-state index in [1.165, 1.54) is 161 Å². The number of hydrogen-bond donors (Lipinski definition) is 0. The molecule has 0 saturated heterocycles. The molecule has 0 unspecified atom stereocenters. The van der Waals surface area contributed by atoms with Crippen molar-refractivity contribution in [2.75, 3.05) is 0 Å². The molecule has 0 aliphatic rings. The minimum absolute atomic E-state index is 1.19. The van der Waals surface area contributed by atoms with Crippen LogP contribution in [-0.2, 0) is 0 Å². The lowest BCUT2D eigenvalue weighted by molar-refractivity contribution is 0.518. The summed E-state index contributed by atoms with van der Waals surface area (Å²) >= 11 is 0. The highest BCUT2D eigenvalue weighted by atomic mass is 14.0. The first kappa shape index (κ1) is 28.7. The van der Waals surface area contributed by atoms with Gasteiger partial charge in [-0.1, -0.05) is 167 Å². The molecule has 0 saturated carbocycles. The normalized spacial score (nSPS) is 11.7. The maximum atomic E-state index is 2.36. The molecule has 0 aromatic heterocycles. The summed E-state index contributed by atoms with van der Waals surface area (Å²) < 4.78 is 0. The van der Waals surface area contributed by atoms with Gasteiger partial charge in [-0.05, 0) is 19.3 Å². The molecule has 0 aromatic rings. The van der Waals surface area contributed by atoms with Crippen molar-refractivity contribution >= 4 is 0 Å². The lowest BCUT2D eigenvalue weighted by atomic mass is 10.0. The summed E-state index contributed by atoms with van der Waals surface area (Å²) in [5.74, 6) is 0. The zero-order valence-electron chi connectivity index (χ0n) is 20.8. The molecule has 0 aliphatic carbocycles. The van der Waals surface area contributed by atoms with E-state index in [1.807, 2.05) is 0 Å². The van der Waals surface area contributed by atoms with Crippen molar-refractivity contribution in [3.8, 4) is 0 Å². The largest absolute Gasteiger partial charge is 0.0888 e. The lowest BCUT2D eigenvalue weighted by Gasteiger charge is -2.04. The van der Waals surface area contributed by atoms with Crippen molar-refractivity contribution in [3.63, 3.8) is 0 Å². The quantitative estimate of drug-likeness (QED) is 0.104. The van der Waals surface area contributed by atoms with Gasteiger partial charge in [0.15, 0.2) is 0 Å². The third kappa shape index (κ3) is 27.7. The molecule has 174 valence electrons. The van der Waals surface area contributed by atoms with Gasteiger partial charge in [0, 0.05) is 0 Å². The van der Waals surface area contributed by atoms with Crippen molar-refractivity contribution in [2.45, 2.75) is 174 Å². The Bertz CT molecular complexity index is 290. The monoisotopic (exact) mass is 406 g/mol. The van der Waals surface area contributed by atoms with Gasteiger partial charge in [-0.2, -0.15) is 0 Å². The van der Waals surface area contributed by atoms with Crippen molar-refractivity contribution in [2.24, 2.45) is 0 Å². The van der Waals surface area contributed by atoms with Gasteiger partial charge in [0.1, 0.15) is 0 Å². The van der Waals surface area contributed by atoms with E-state index in [1.54, 1.807) is 0 Å². The summed E-state index contributed by atoms with van der Waals surface area (Å²) in [6, 6.07) is 0. The molecular formula is C29H58. The molecule has 0 fully saturated rings. The third-order valence-electron chi connectivity index (χ3n) is 6.38. The van der Waals surface area contributed by atoms with Gasteiger partial charge >= 0.3 is 0 Å². The number of rotatable bonds is 25. The Morgan fingerprint density at radius 3 is 0.862 bits per heavy atom. The third-order valence-corrected chi connectivity index (χ3v) is 6.38. The molecule has 0 amide bonds. The highest BCUT2D eigenvalue weighted by Crippen LogP contribution is 2.15. The number of hydrogen-bond acceptors (Lipinski definition) is 0. The van der Waals surface area contributed by atoms with E-state index in [9.17, 15) is 0 Å². The van der Waals surface area contributed by atoms with E-state index >= 15 is 0 Å². The van der Waals surface area contributed by atoms with Crippen LogP contribution in [-0.4, -0.2) is 0 Å². The van der Waals surface area contributed by atoms with Crippen molar-refractivity contribution < 1.29 is 0 Å². The molecule has 0 aliphatic heterocycles. The lowest BCUT2D eigenvalue weighted by Crippen LogP contribution is -1.84. The van der Waals surface area contributed by atoms with Crippen LogP contribution >= 0.6 is 0 Å². The topological polar surface area (TPSA) is 0 Å². The van der Waals surface area contributed by atoms with Gasteiger partial charge in [-0.15, -0.1) is 0 Å². The Hall–Kier alpha value is -0.260. The van der Waals surface area contributed by atoms with Crippen LogP contribution in [0.15, 0.2) is 12.2 Å². The fraction of sp³-hybridized carbons (Fsp3) is 0.931. The first-order valence-electron chi connectivity index (χ1n) is 14.1. The molecule has 0 heterocycles. The SMILES string of the molecule is CC/C=C/CCCCCCCCCCCCCCCCCCCCCCCCC. The summed E-state index contributed by atoms with van der Waals surface area (Å²) in [7, 11) is 0. The number of unbranched alkanes of at least 4 members (excludes halogenated alkanes) is 23. The minimum atomic E-state index is 1.19. The summed E-state index contributed by atoms with van der Waals surface area (Å²) in [6.07, 6.45) is 41.0. The Morgan fingerprint density at radius 1 is 0.310 bits per heavy atom. The zero-order valence-corrected chi connectivity index (χ0v) is 20.8. The second kappa shape index (κ2) is 27.7. The van der Waals surface area contributed by atoms with Crippen molar-refractivity contribution in [1.82, 2.24) is 0 Å². The Balaban J connectivity index is 2.99. The van der Waals surface area contributed by atoms with Gasteiger partial charge in [0.2, 0.25) is 0 Å². The van der Waals surface area contributed by atoms with E-state index in [0.29, 0.717) is 0 Å². The summed E-state index contributed by atoms with van der Waals surface area (Å²) in [6.45, 7) is 4.52. The van der Waals surface area contributed by atoms with E-state index < -0.39 is 0 Å². The molecule has 0 nitrogen and oxygen atoms in total. The van der Waals surface area contributed by atoms with E-state index in [2.05, 4.69) is 26.0 Å². The fourth-order valence-electron chi connectivity index (χ4n) is 4.33. The zero-order chi connectivity index (χ0) is 21.1. The standard InChI is InChI=1S/C29H58/c1-3-5-7-9-11-13-15-17-19-21-23-25-27-29-28-26-24-22-20-18-16-14-12-10-8-6-4-2/h5,7H,3-4,6,8-29H2,1-2H3/b7-5+. The molecule has 0 aromatic carbocycles. The van der Waals surface area contributed by atoms with Crippen molar-refractivity contribution in [3.05, 3.63) is 12.2 Å².